The van der Waals surface area contributed by atoms with Crippen molar-refractivity contribution in [2.75, 3.05) is 36.4 Å². The summed E-state index contributed by atoms with van der Waals surface area (Å²) in [6.45, 7) is 6.70. The Balaban J connectivity index is 0.00000280. The lowest BCUT2D eigenvalue weighted by molar-refractivity contribution is -0.137. The van der Waals surface area contributed by atoms with Crippen molar-refractivity contribution >= 4 is 29.8 Å². The molecule has 1 aliphatic heterocycles. The van der Waals surface area contributed by atoms with Gasteiger partial charge in [-0.2, -0.15) is 13.2 Å². The van der Waals surface area contributed by atoms with Crippen molar-refractivity contribution in [1.29, 1.82) is 0 Å². The van der Waals surface area contributed by atoms with E-state index in [4.69, 9.17) is 0 Å². The Morgan fingerprint density at radius 1 is 0.964 bits per heavy atom. The Bertz CT molecular complexity index is 816. The molecule has 0 atom stereocenters. The number of amides is 2. The average molecular weight is 414 g/mol. The first-order chi connectivity index (χ1) is 12.8. The highest BCUT2D eigenvalue weighted by Gasteiger charge is 2.30. The van der Waals surface area contributed by atoms with Gasteiger partial charge in [-0.05, 0) is 55.3 Å². The maximum Gasteiger partial charge on any atom is 0.416 e. The molecule has 8 heteroatoms. The summed E-state index contributed by atoms with van der Waals surface area (Å²) in [5, 5.41) is 2.67. The van der Waals surface area contributed by atoms with E-state index in [1.54, 1.807) is 4.90 Å². The fourth-order valence-electron chi connectivity index (χ4n) is 3.17. The Labute approximate surface area is 168 Å². The van der Waals surface area contributed by atoms with Crippen LogP contribution in [0.25, 0.3) is 0 Å². The van der Waals surface area contributed by atoms with E-state index in [1.165, 1.54) is 28.9 Å². The van der Waals surface area contributed by atoms with Crippen LogP contribution < -0.4 is 10.2 Å². The Morgan fingerprint density at radius 2 is 1.57 bits per heavy atom. The molecule has 2 aromatic rings. The molecule has 0 aromatic heterocycles. The van der Waals surface area contributed by atoms with E-state index in [9.17, 15) is 18.0 Å². The topological polar surface area (TPSA) is 35.6 Å². The fourth-order valence-corrected chi connectivity index (χ4v) is 3.17. The minimum absolute atomic E-state index is 0. The van der Waals surface area contributed by atoms with Crippen LogP contribution in [0.2, 0.25) is 0 Å². The average Bonchev–Trinajstić information content (AvgIpc) is 2.64. The van der Waals surface area contributed by atoms with Crippen molar-refractivity contribution in [3.8, 4) is 0 Å². The lowest BCUT2D eigenvalue weighted by Gasteiger charge is -2.37. The number of halogens is 4. The van der Waals surface area contributed by atoms with Crippen LogP contribution in [-0.4, -0.2) is 37.1 Å². The molecule has 3 rings (SSSR count). The fraction of sp³-hybridized carbons (Fsp3) is 0.350. The molecule has 2 amide bonds. The summed E-state index contributed by atoms with van der Waals surface area (Å²) in [5.41, 5.74) is 3.26. The Morgan fingerprint density at radius 3 is 2.14 bits per heavy atom. The van der Waals surface area contributed by atoms with Gasteiger partial charge < -0.3 is 15.1 Å². The second-order valence-electron chi connectivity index (χ2n) is 6.70. The highest BCUT2D eigenvalue weighted by Crippen LogP contribution is 2.30. The number of hydrogen-bond donors (Lipinski definition) is 1. The normalized spacial score (nSPS) is 14.5. The van der Waals surface area contributed by atoms with Gasteiger partial charge in [0.25, 0.3) is 0 Å². The summed E-state index contributed by atoms with van der Waals surface area (Å²) >= 11 is 0. The quantitative estimate of drug-likeness (QED) is 0.743. The smallest absolute Gasteiger partial charge is 0.368 e. The van der Waals surface area contributed by atoms with Crippen molar-refractivity contribution in [2.45, 2.75) is 20.0 Å². The monoisotopic (exact) mass is 413 g/mol. The van der Waals surface area contributed by atoms with Gasteiger partial charge in [0.05, 0.1) is 5.56 Å². The standard InChI is InChI=1S/C20H22F3N3O.ClH/c1-14-4-3-5-18(15(14)2)25-10-12-26(13-11-25)19(27)24-17-8-6-16(7-9-17)20(21,22)23;/h3-9H,10-13H2,1-2H3,(H,24,27);1H. The molecule has 0 bridgehead atoms. The van der Waals surface area contributed by atoms with Crippen LogP contribution in [-0.2, 0) is 6.18 Å². The van der Waals surface area contributed by atoms with E-state index < -0.39 is 11.7 Å². The van der Waals surface area contributed by atoms with E-state index in [0.717, 1.165) is 12.1 Å². The van der Waals surface area contributed by atoms with Gasteiger partial charge in [0.15, 0.2) is 0 Å². The molecule has 0 aliphatic carbocycles. The molecular weight excluding hydrogens is 391 g/mol. The molecule has 0 saturated carbocycles. The summed E-state index contributed by atoms with van der Waals surface area (Å²) in [4.78, 5) is 16.3. The number of hydrogen-bond acceptors (Lipinski definition) is 2. The van der Waals surface area contributed by atoms with Gasteiger partial charge in [0, 0.05) is 37.6 Å². The van der Waals surface area contributed by atoms with Crippen LogP contribution in [0.4, 0.5) is 29.3 Å². The first kappa shape index (κ1) is 21.9. The number of carbonyl (C=O) groups excluding carboxylic acids is 1. The van der Waals surface area contributed by atoms with Gasteiger partial charge in [-0.15, -0.1) is 12.4 Å². The van der Waals surface area contributed by atoms with E-state index in [1.807, 2.05) is 6.07 Å². The van der Waals surface area contributed by atoms with Gasteiger partial charge >= 0.3 is 12.2 Å². The number of anilines is 2. The number of rotatable bonds is 2. The third kappa shape index (κ3) is 4.90. The summed E-state index contributed by atoms with van der Waals surface area (Å²) in [6.07, 6.45) is -4.38. The summed E-state index contributed by atoms with van der Waals surface area (Å²) in [6, 6.07) is 10.4. The van der Waals surface area contributed by atoms with Crippen molar-refractivity contribution in [1.82, 2.24) is 4.90 Å². The van der Waals surface area contributed by atoms with Crippen LogP contribution in [0.5, 0.6) is 0 Å². The Kier molecular flexibility index (Phi) is 6.82. The number of alkyl halides is 3. The van der Waals surface area contributed by atoms with E-state index in [-0.39, 0.29) is 18.4 Å². The van der Waals surface area contributed by atoms with Gasteiger partial charge in [-0.1, -0.05) is 12.1 Å². The summed E-state index contributed by atoms with van der Waals surface area (Å²) in [5.74, 6) is 0. The van der Waals surface area contributed by atoms with Gasteiger partial charge in [0.2, 0.25) is 0 Å². The first-order valence-corrected chi connectivity index (χ1v) is 8.80. The molecule has 4 nitrogen and oxygen atoms in total. The minimum atomic E-state index is -4.38. The zero-order valence-electron chi connectivity index (χ0n) is 15.7. The molecule has 1 saturated heterocycles. The number of nitrogens with one attached hydrogen (secondary N) is 1. The molecule has 152 valence electrons. The number of nitrogens with zero attached hydrogens (tertiary/aromatic N) is 2. The van der Waals surface area contributed by atoms with Crippen molar-refractivity contribution in [3.63, 3.8) is 0 Å². The predicted octanol–water partition coefficient (Wildman–Crippen LogP) is 5.10. The molecular formula is C20H23ClF3N3O. The van der Waals surface area contributed by atoms with Crippen LogP contribution >= 0.6 is 12.4 Å². The number of aryl methyl sites for hydroxylation is 1. The maximum absolute atomic E-state index is 12.6. The third-order valence-electron chi connectivity index (χ3n) is 4.95. The van der Waals surface area contributed by atoms with Crippen LogP contribution in [0.15, 0.2) is 42.5 Å². The molecule has 1 aliphatic rings. The van der Waals surface area contributed by atoms with Crippen LogP contribution in [0, 0.1) is 13.8 Å². The van der Waals surface area contributed by atoms with Gasteiger partial charge in [-0.3, -0.25) is 0 Å². The maximum atomic E-state index is 12.6. The molecule has 0 radical (unpaired) electrons. The third-order valence-corrected chi connectivity index (χ3v) is 4.95. The van der Waals surface area contributed by atoms with Crippen LogP contribution in [0.3, 0.4) is 0 Å². The lowest BCUT2D eigenvalue weighted by Crippen LogP contribution is -2.50. The van der Waals surface area contributed by atoms with E-state index in [0.29, 0.717) is 31.9 Å². The largest absolute Gasteiger partial charge is 0.416 e. The van der Waals surface area contributed by atoms with E-state index >= 15 is 0 Å². The lowest BCUT2D eigenvalue weighted by atomic mass is 10.1. The van der Waals surface area contributed by atoms with Crippen molar-refractivity contribution in [3.05, 3.63) is 59.2 Å². The number of benzene rings is 2. The second-order valence-corrected chi connectivity index (χ2v) is 6.70. The van der Waals surface area contributed by atoms with Crippen LogP contribution in [0.1, 0.15) is 16.7 Å². The zero-order chi connectivity index (χ0) is 19.6. The number of carbonyl (C=O) groups is 1. The number of piperazine rings is 1. The molecule has 2 aromatic carbocycles. The van der Waals surface area contributed by atoms with Crippen molar-refractivity contribution < 1.29 is 18.0 Å². The SMILES string of the molecule is Cc1cccc(N2CCN(C(=O)Nc3ccc(C(F)(F)F)cc3)CC2)c1C.Cl. The first-order valence-electron chi connectivity index (χ1n) is 8.80. The predicted molar refractivity (Wildman–Crippen MR) is 107 cm³/mol. The summed E-state index contributed by atoms with van der Waals surface area (Å²) in [7, 11) is 0. The molecule has 1 heterocycles. The molecule has 0 spiro atoms. The molecule has 1 fully saturated rings. The molecule has 0 unspecified atom stereocenters. The van der Waals surface area contributed by atoms with E-state index in [2.05, 4.69) is 36.2 Å². The molecule has 1 N–H and O–H groups in total. The highest BCUT2D eigenvalue weighted by atomic mass is 35.5. The molecule has 28 heavy (non-hydrogen) atoms. The van der Waals surface area contributed by atoms with Gasteiger partial charge in [-0.25, -0.2) is 4.79 Å². The zero-order valence-corrected chi connectivity index (χ0v) is 16.5. The van der Waals surface area contributed by atoms with Gasteiger partial charge in [0.1, 0.15) is 0 Å². The second kappa shape index (κ2) is 8.73. The van der Waals surface area contributed by atoms with Crippen molar-refractivity contribution in [2.24, 2.45) is 0 Å². The number of urea groups is 1. The Hall–Kier alpha value is -2.41. The minimum Gasteiger partial charge on any atom is -0.368 e. The highest BCUT2D eigenvalue weighted by molar-refractivity contribution is 5.89. The summed E-state index contributed by atoms with van der Waals surface area (Å²) < 4.78 is 37.8.